The summed E-state index contributed by atoms with van der Waals surface area (Å²) in [6, 6.07) is 22.5. The van der Waals surface area contributed by atoms with Gasteiger partial charge in [0, 0.05) is 5.69 Å². The van der Waals surface area contributed by atoms with Crippen molar-refractivity contribution < 1.29 is 14.3 Å². The van der Waals surface area contributed by atoms with E-state index in [1.807, 2.05) is 42.5 Å². The van der Waals surface area contributed by atoms with E-state index in [2.05, 4.69) is 50.4 Å². The summed E-state index contributed by atoms with van der Waals surface area (Å²) in [6.07, 6.45) is 3.20. The number of amides is 1. The highest BCUT2D eigenvalue weighted by molar-refractivity contribution is 14.1. The molecule has 0 saturated heterocycles. The molecule has 0 unspecified atom stereocenters. The number of carbonyl (C=O) groups is 1. The smallest absolute Gasteiger partial charge is 0.266 e. The molecule has 0 bridgehead atoms. The normalized spacial score (nSPS) is 10.8. The summed E-state index contributed by atoms with van der Waals surface area (Å²) in [5.74, 6) is 0.879. The molecule has 0 aliphatic carbocycles. The van der Waals surface area contributed by atoms with Gasteiger partial charge in [0.05, 0.1) is 8.04 Å². The van der Waals surface area contributed by atoms with E-state index in [-0.39, 0.29) is 5.57 Å². The van der Waals surface area contributed by atoms with Gasteiger partial charge in [0.2, 0.25) is 0 Å². The van der Waals surface area contributed by atoms with Crippen LogP contribution in [0.1, 0.15) is 11.1 Å². The van der Waals surface area contributed by atoms with Crippen molar-refractivity contribution in [3.05, 3.63) is 104 Å². The number of hydrogen-bond acceptors (Lipinski definition) is 4. The second-order valence-electron chi connectivity index (χ2n) is 6.84. The summed E-state index contributed by atoms with van der Waals surface area (Å²) in [5.41, 5.74) is 2.33. The van der Waals surface area contributed by atoms with Crippen LogP contribution in [0.25, 0.3) is 6.08 Å². The molecular formula is C26H20BrIN2O3. The molecule has 33 heavy (non-hydrogen) atoms. The molecule has 0 radical (unpaired) electrons. The number of benzene rings is 3. The molecule has 7 heteroatoms. The van der Waals surface area contributed by atoms with Gasteiger partial charge in [-0.3, -0.25) is 4.79 Å². The second-order valence-corrected chi connectivity index (χ2v) is 8.85. The van der Waals surface area contributed by atoms with E-state index in [9.17, 15) is 10.1 Å². The van der Waals surface area contributed by atoms with Gasteiger partial charge in [-0.1, -0.05) is 43.0 Å². The van der Waals surface area contributed by atoms with Crippen LogP contribution in [0.2, 0.25) is 0 Å². The number of nitrogens with zero attached hydrogens (tertiary/aromatic N) is 1. The zero-order valence-corrected chi connectivity index (χ0v) is 21.3. The maximum atomic E-state index is 12.6. The Morgan fingerprint density at radius 1 is 1.12 bits per heavy atom. The van der Waals surface area contributed by atoms with Crippen LogP contribution in [0.3, 0.4) is 0 Å². The molecule has 0 fully saturated rings. The predicted molar refractivity (Wildman–Crippen MR) is 142 cm³/mol. The standard InChI is InChI=1S/C26H20BrIN2O3/c1-2-12-32-25-23(27)14-19(15-24(25)28)13-20(16-29)26(31)30-21-8-10-22(11-9-21)33-17-18-6-4-3-5-7-18/h2-11,13-15H,1,12,17H2,(H,30,31)/b20-13+. The quantitative estimate of drug-likeness (QED) is 0.125. The Morgan fingerprint density at radius 2 is 1.85 bits per heavy atom. The highest BCUT2D eigenvalue weighted by Crippen LogP contribution is 2.33. The molecule has 0 aliphatic heterocycles. The van der Waals surface area contributed by atoms with E-state index in [0.717, 1.165) is 13.6 Å². The highest BCUT2D eigenvalue weighted by Gasteiger charge is 2.12. The van der Waals surface area contributed by atoms with Crippen LogP contribution in [0.4, 0.5) is 5.69 Å². The van der Waals surface area contributed by atoms with Gasteiger partial charge in [0.1, 0.15) is 36.4 Å². The first-order chi connectivity index (χ1) is 16.0. The van der Waals surface area contributed by atoms with Gasteiger partial charge in [-0.05, 0) is 92.1 Å². The number of nitrogens with one attached hydrogen (secondary N) is 1. The molecule has 0 aromatic heterocycles. The lowest BCUT2D eigenvalue weighted by atomic mass is 10.1. The van der Waals surface area contributed by atoms with Crippen molar-refractivity contribution in [3.63, 3.8) is 0 Å². The minimum atomic E-state index is -0.492. The lowest BCUT2D eigenvalue weighted by Crippen LogP contribution is -2.13. The third kappa shape index (κ3) is 7.20. The maximum Gasteiger partial charge on any atom is 0.266 e. The monoisotopic (exact) mass is 614 g/mol. The highest BCUT2D eigenvalue weighted by atomic mass is 127. The molecule has 5 nitrogen and oxygen atoms in total. The number of halogens is 2. The molecule has 3 aromatic rings. The summed E-state index contributed by atoms with van der Waals surface area (Å²) >= 11 is 5.62. The first-order valence-corrected chi connectivity index (χ1v) is 11.8. The molecule has 1 N–H and O–H groups in total. The molecule has 0 aliphatic rings. The molecule has 0 atom stereocenters. The SMILES string of the molecule is C=CCOc1c(Br)cc(/C=C(\C#N)C(=O)Nc2ccc(OCc3ccccc3)cc2)cc1I. The fourth-order valence-corrected chi connectivity index (χ4v) is 4.60. The van der Waals surface area contributed by atoms with Gasteiger partial charge >= 0.3 is 0 Å². The van der Waals surface area contributed by atoms with E-state index in [1.54, 1.807) is 36.4 Å². The average molecular weight is 615 g/mol. The molecule has 1 amide bonds. The van der Waals surface area contributed by atoms with E-state index in [1.165, 1.54) is 6.08 Å². The minimum absolute atomic E-state index is 0.0122. The molecule has 0 spiro atoms. The summed E-state index contributed by atoms with van der Waals surface area (Å²) in [6.45, 7) is 4.48. The van der Waals surface area contributed by atoms with Gasteiger partial charge < -0.3 is 14.8 Å². The van der Waals surface area contributed by atoms with Crippen molar-refractivity contribution >= 4 is 56.2 Å². The second kappa shape index (κ2) is 12.2. The van der Waals surface area contributed by atoms with Gasteiger partial charge in [-0.25, -0.2) is 0 Å². The number of carbonyl (C=O) groups excluding carboxylic acids is 1. The Bertz CT molecular complexity index is 1180. The van der Waals surface area contributed by atoms with Crippen molar-refractivity contribution in [2.75, 3.05) is 11.9 Å². The topological polar surface area (TPSA) is 71.3 Å². The van der Waals surface area contributed by atoms with E-state index < -0.39 is 5.91 Å². The van der Waals surface area contributed by atoms with Crippen LogP contribution in [0, 0.1) is 14.9 Å². The number of hydrogen-bond donors (Lipinski definition) is 1. The first-order valence-electron chi connectivity index (χ1n) is 9.93. The minimum Gasteiger partial charge on any atom is -0.489 e. The zero-order valence-electron chi connectivity index (χ0n) is 17.6. The summed E-state index contributed by atoms with van der Waals surface area (Å²) in [7, 11) is 0. The fraction of sp³-hybridized carbons (Fsp3) is 0.0769. The molecule has 166 valence electrons. The Labute approximate surface area is 215 Å². The molecule has 0 saturated carbocycles. The summed E-state index contributed by atoms with van der Waals surface area (Å²) in [5, 5.41) is 12.3. The van der Waals surface area contributed by atoms with Gasteiger partial charge in [0.15, 0.2) is 0 Å². The van der Waals surface area contributed by atoms with Gasteiger partial charge in [-0.15, -0.1) is 0 Å². The van der Waals surface area contributed by atoms with Gasteiger partial charge in [0.25, 0.3) is 5.91 Å². The van der Waals surface area contributed by atoms with E-state index in [4.69, 9.17) is 9.47 Å². The van der Waals surface area contributed by atoms with Crippen LogP contribution in [0.5, 0.6) is 11.5 Å². The van der Waals surface area contributed by atoms with Crippen molar-refractivity contribution in [3.8, 4) is 17.6 Å². The van der Waals surface area contributed by atoms with Crippen molar-refractivity contribution in [1.82, 2.24) is 0 Å². The number of nitriles is 1. The Hall–Kier alpha value is -3.09. The van der Waals surface area contributed by atoms with Crippen LogP contribution in [-0.2, 0) is 11.4 Å². The van der Waals surface area contributed by atoms with Crippen molar-refractivity contribution in [2.45, 2.75) is 6.61 Å². The fourth-order valence-electron chi connectivity index (χ4n) is 2.83. The maximum absolute atomic E-state index is 12.6. The molecule has 0 heterocycles. The molecular weight excluding hydrogens is 595 g/mol. The number of rotatable bonds is 9. The van der Waals surface area contributed by atoms with Crippen LogP contribution in [0.15, 0.2) is 89.4 Å². The third-order valence-corrected chi connectivity index (χ3v) is 5.79. The zero-order chi connectivity index (χ0) is 23.6. The Morgan fingerprint density at radius 3 is 2.48 bits per heavy atom. The third-order valence-electron chi connectivity index (χ3n) is 4.40. The number of anilines is 1. The van der Waals surface area contributed by atoms with Crippen molar-refractivity contribution in [2.24, 2.45) is 0 Å². The number of ether oxygens (including phenoxy) is 2. The average Bonchev–Trinajstić information content (AvgIpc) is 2.82. The lowest BCUT2D eigenvalue weighted by Gasteiger charge is -2.10. The van der Waals surface area contributed by atoms with Crippen LogP contribution in [-0.4, -0.2) is 12.5 Å². The van der Waals surface area contributed by atoms with Crippen LogP contribution < -0.4 is 14.8 Å². The van der Waals surface area contributed by atoms with Gasteiger partial charge in [-0.2, -0.15) is 5.26 Å². The Kier molecular flexibility index (Phi) is 9.10. The van der Waals surface area contributed by atoms with E-state index in [0.29, 0.717) is 36.0 Å². The Balaban J connectivity index is 1.66. The van der Waals surface area contributed by atoms with Crippen molar-refractivity contribution in [1.29, 1.82) is 5.26 Å². The lowest BCUT2D eigenvalue weighted by molar-refractivity contribution is -0.112. The summed E-state index contributed by atoms with van der Waals surface area (Å²) in [4.78, 5) is 12.6. The molecule has 3 aromatic carbocycles. The van der Waals surface area contributed by atoms with Crippen LogP contribution >= 0.6 is 38.5 Å². The largest absolute Gasteiger partial charge is 0.489 e. The first kappa shape index (κ1) is 24.6. The predicted octanol–water partition coefficient (Wildman–Crippen LogP) is 6.74. The summed E-state index contributed by atoms with van der Waals surface area (Å²) < 4.78 is 13.0. The van der Waals surface area contributed by atoms with E-state index >= 15 is 0 Å². The molecule has 3 rings (SSSR count).